The van der Waals surface area contributed by atoms with Gasteiger partial charge in [-0.25, -0.2) is 0 Å². The smallest absolute Gasteiger partial charge is 0.305 e. The maximum absolute atomic E-state index is 12.9. The van der Waals surface area contributed by atoms with E-state index in [-0.39, 0.29) is 43.0 Å². The first-order chi connectivity index (χ1) is 19.7. The predicted molar refractivity (Wildman–Crippen MR) is 137 cm³/mol. The molecule has 0 spiro atoms. The number of rotatable bonds is 3. The van der Waals surface area contributed by atoms with Crippen molar-refractivity contribution in [3.8, 4) is 33.6 Å². The molecule has 2 heterocycles. The van der Waals surface area contributed by atoms with Crippen molar-refractivity contribution in [1.29, 1.82) is 0 Å². The van der Waals surface area contributed by atoms with Crippen LogP contribution in [-0.2, 0) is 32.5 Å². The van der Waals surface area contributed by atoms with Gasteiger partial charge in [-0.2, -0.15) is 26.3 Å². The molecule has 0 atom stereocenters. The van der Waals surface area contributed by atoms with E-state index in [4.69, 9.17) is 4.11 Å². The Hall–Kier alpha value is -3.81. The van der Waals surface area contributed by atoms with Gasteiger partial charge in [-0.3, -0.25) is 0 Å². The Morgan fingerprint density at radius 2 is 1.40 bits per heavy atom. The summed E-state index contributed by atoms with van der Waals surface area (Å²) < 4.78 is 98.3. The second-order valence-corrected chi connectivity index (χ2v) is 8.17. The number of nitrogens with zero attached hydrogens (tertiary/aromatic N) is 2. The van der Waals surface area contributed by atoms with Crippen molar-refractivity contribution in [2.75, 3.05) is 0 Å². The van der Waals surface area contributed by atoms with Crippen LogP contribution in [0.1, 0.15) is 20.8 Å². The van der Waals surface area contributed by atoms with Gasteiger partial charge < -0.3 is 9.97 Å². The summed E-state index contributed by atoms with van der Waals surface area (Å²) in [5.74, 6) is 0. The van der Waals surface area contributed by atoms with Gasteiger partial charge >= 0.3 is 12.4 Å². The van der Waals surface area contributed by atoms with Crippen LogP contribution in [-0.4, -0.2) is 9.97 Å². The minimum absolute atomic E-state index is 0. The van der Waals surface area contributed by atoms with Crippen LogP contribution in [0.5, 0.6) is 0 Å². The molecule has 0 saturated carbocycles. The Bertz CT molecular complexity index is 1570. The summed E-state index contributed by atoms with van der Waals surface area (Å²) >= 11 is 0. The van der Waals surface area contributed by atoms with E-state index in [9.17, 15) is 26.3 Å². The maximum atomic E-state index is 12.9. The topological polar surface area (TPSA) is 25.8 Å². The Morgan fingerprint density at radius 3 is 2.00 bits per heavy atom. The van der Waals surface area contributed by atoms with Crippen molar-refractivity contribution < 1.29 is 50.6 Å². The zero-order valence-corrected chi connectivity index (χ0v) is 22.7. The van der Waals surface area contributed by atoms with Crippen molar-refractivity contribution in [3.05, 3.63) is 132 Å². The summed E-state index contributed by atoms with van der Waals surface area (Å²) in [6.45, 7) is -2.45. The van der Waals surface area contributed by atoms with Crippen molar-refractivity contribution in [3.63, 3.8) is 0 Å². The van der Waals surface area contributed by atoms with Crippen LogP contribution in [0.3, 0.4) is 0 Å². The minimum atomic E-state index is -5.21. The van der Waals surface area contributed by atoms with Crippen molar-refractivity contribution in [1.82, 2.24) is 9.97 Å². The first kappa shape index (κ1) is 26.4. The van der Waals surface area contributed by atoms with Gasteiger partial charge in [-0.1, -0.05) is 48.5 Å². The standard InChI is InChI=1S/C17H12N.C14H8F6N.Ir/c1-3-7-14(8-4-1)16-11-12-18-17(13-16)15-9-5-2-6-10-15;1-8-2-5-12(21-7-8)9-3-4-10(13(15,16)17)11(6-9)14(18,19)20;/h1-9,11-13H;2,4-7H,1H3;/q2*-1;/i;1D3;. The van der Waals surface area contributed by atoms with Gasteiger partial charge in [0, 0.05) is 36.6 Å². The number of aromatic nitrogens is 2. The van der Waals surface area contributed by atoms with E-state index in [0.717, 1.165) is 29.6 Å². The Labute approximate surface area is 245 Å². The molecule has 0 amide bonds. The van der Waals surface area contributed by atoms with Gasteiger partial charge in [0.15, 0.2) is 0 Å². The number of hydrogen-bond acceptors (Lipinski definition) is 2. The number of pyridine rings is 2. The molecule has 0 aliphatic carbocycles. The average molecular weight is 730 g/mol. The molecule has 0 N–H and O–H groups in total. The van der Waals surface area contributed by atoms with E-state index in [1.165, 1.54) is 11.1 Å². The Kier molecular flexibility index (Phi) is 8.60. The largest absolute Gasteiger partial charge is 0.400 e. The molecule has 0 unspecified atom stereocenters. The monoisotopic (exact) mass is 730 g/mol. The molecule has 0 bridgehead atoms. The van der Waals surface area contributed by atoms with Crippen LogP contribution in [0.4, 0.5) is 26.3 Å². The van der Waals surface area contributed by atoms with E-state index in [2.05, 4.69) is 40.3 Å². The molecule has 9 heteroatoms. The van der Waals surface area contributed by atoms with Crippen molar-refractivity contribution >= 4 is 0 Å². The average Bonchev–Trinajstić information content (AvgIpc) is 2.97. The molecule has 2 nitrogen and oxygen atoms in total. The first-order valence-electron chi connectivity index (χ1n) is 12.9. The molecular weight excluding hydrogens is 707 g/mol. The van der Waals surface area contributed by atoms with Gasteiger partial charge in [-0.15, -0.1) is 59.7 Å². The molecule has 40 heavy (non-hydrogen) atoms. The number of benzene rings is 3. The fourth-order valence-electron chi connectivity index (χ4n) is 3.60. The van der Waals surface area contributed by atoms with Crippen molar-refractivity contribution in [2.24, 2.45) is 0 Å². The molecule has 0 aliphatic rings. The number of halogens is 6. The Balaban J connectivity index is 0.000000238. The van der Waals surface area contributed by atoms with E-state index in [1.54, 1.807) is 0 Å². The predicted octanol–water partition coefficient (Wildman–Crippen LogP) is 9.11. The van der Waals surface area contributed by atoms with Crippen LogP contribution in [0.25, 0.3) is 33.6 Å². The third-order valence-corrected chi connectivity index (χ3v) is 5.45. The molecule has 3 aromatic carbocycles. The third-order valence-electron chi connectivity index (χ3n) is 5.45. The quantitative estimate of drug-likeness (QED) is 0.137. The van der Waals surface area contributed by atoms with E-state index in [1.807, 2.05) is 54.7 Å². The van der Waals surface area contributed by atoms with Gasteiger partial charge in [0.1, 0.15) is 0 Å². The van der Waals surface area contributed by atoms with Gasteiger partial charge in [0.05, 0.1) is 0 Å². The third kappa shape index (κ3) is 7.87. The molecule has 1 radical (unpaired) electrons. The zero-order chi connectivity index (χ0) is 30.5. The van der Waals surface area contributed by atoms with Gasteiger partial charge in [-0.05, 0) is 52.1 Å². The molecule has 0 saturated heterocycles. The number of aryl methyl sites for hydroxylation is 1. The maximum Gasteiger partial charge on any atom is 0.400 e. The van der Waals surface area contributed by atoms with Crippen LogP contribution in [0.15, 0.2) is 103 Å². The molecule has 5 aromatic rings. The summed E-state index contributed by atoms with van der Waals surface area (Å²) in [7, 11) is 0. The van der Waals surface area contributed by atoms with Crippen LogP contribution in [0, 0.1) is 19.0 Å². The van der Waals surface area contributed by atoms with Crippen LogP contribution >= 0.6 is 0 Å². The first-order valence-corrected chi connectivity index (χ1v) is 11.4. The number of hydrogen-bond donors (Lipinski definition) is 0. The summed E-state index contributed by atoms with van der Waals surface area (Å²) in [6.07, 6.45) is -7.62. The second-order valence-electron chi connectivity index (χ2n) is 8.17. The number of alkyl halides is 6. The van der Waals surface area contributed by atoms with Gasteiger partial charge in [0.25, 0.3) is 0 Å². The fraction of sp³-hybridized carbons (Fsp3) is 0.0968. The van der Waals surface area contributed by atoms with Gasteiger partial charge in [0.2, 0.25) is 0 Å². The van der Waals surface area contributed by atoms with Crippen molar-refractivity contribution in [2.45, 2.75) is 19.2 Å². The fourth-order valence-corrected chi connectivity index (χ4v) is 3.60. The molecule has 0 aliphatic heterocycles. The molecular formula is C31H20F6IrN2-2. The van der Waals surface area contributed by atoms with E-state index >= 15 is 0 Å². The molecule has 207 valence electrons. The Morgan fingerprint density at radius 1 is 0.675 bits per heavy atom. The summed E-state index contributed by atoms with van der Waals surface area (Å²) in [5.41, 5.74) is 0.0642. The summed E-state index contributed by atoms with van der Waals surface area (Å²) in [4.78, 5) is 8.09. The minimum Gasteiger partial charge on any atom is -0.305 e. The zero-order valence-electron chi connectivity index (χ0n) is 23.3. The summed E-state index contributed by atoms with van der Waals surface area (Å²) in [5, 5.41) is 0. The normalized spacial score (nSPS) is 12.6. The van der Waals surface area contributed by atoms with E-state index in [0.29, 0.717) is 6.07 Å². The SMILES string of the molecule is [2H]C([2H])([2H])c1ccc(-c2[c-]cc(C(F)(F)F)c(C(F)(F)F)c2)nc1.[Ir].[c-]1ccccc1-c1cc(-c2ccccc2)ccn1. The van der Waals surface area contributed by atoms with Crippen LogP contribution in [0.2, 0.25) is 0 Å². The molecule has 5 rings (SSSR count). The summed E-state index contributed by atoms with van der Waals surface area (Å²) in [6, 6.07) is 30.4. The molecule has 2 aromatic heterocycles. The van der Waals surface area contributed by atoms with Crippen LogP contribution < -0.4 is 0 Å². The second kappa shape index (κ2) is 13.0. The van der Waals surface area contributed by atoms with E-state index < -0.39 is 30.3 Å². The molecule has 0 fully saturated rings.